The lowest BCUT2D eigenvalue weighted by molar-refractivity contribution is -0.141. The van der Waals surface area contributed by atoms with Crippen LogP contribution in [-0.4, -0.2) is 78.0 Å². The molecule has 2 amide bonds. The van der Waals surface area contributed by atoms with Crippen molar-refractivity contribution in [3.63, 3.8) is 0 Å². The number of nitrogens with one attached hydrogen (secondary N) is 2. The summed E-state index contributed by atoms with van der Waals surface area (Å²) in [4.78, 5) is 51.1. The number of likely N-dealkylation sites (N-methyl/N-ethyl adjacent to an activating group) is 1. The SMILES string of the molecule is CCN(C)CC(=O)C(CC(=O)O)NC(=O)[C@@H](NC(=O)C(O)c1cc(I)ccc1OC)C(C)C. The lowest BCUT2D eigenvalue weighted by atomic mass is 10.00. The molecular formula is C22H32IN3O7. The Hall–Kier alpha value is -2.25. The fraction of sp³-hybridized carbons (Fsp3) is 0.545. The highest BCUT2D eigenvalue weighted by Crippen LogP contribution is 2.27. The number of Topliss-reactive ketones (excluding diaryl/α,β-unsaturated/α-hetero) is 1. The van der Waals surface area contributed by atoms with Gasteiger partial charge in [0.15, 0.2) is 11.9 Å². The Balaban J connectivity index is 3.03. The summed E-state index contributed by atoms with van der Waals surface area (Å²) in [7, 11) is 3.12. The van der Waals surface area contributed by atoms with Crippen LogP contribution in [0, 0.1) is 9.49 Å². The van der Waals surface area contributed by atoms with E-state index in [1.165, 1.54) is 7.11 Å². The Kier molecular flexibility index (Phi) is 11.7. The lowest BCUT2D eigenvalue weighted by Gasteiger charge is -2.26. The molecule has 1 rings (SSSR count). The fourth-order valence-corrected chi connectivity index (χ4v) is 3.51. The molecule has 33 heavy (non-hydrogen) atoms. The van der Waals surface area contributed by atoms with Crippen LogP contribution in [0.15, 0.2) is 18.2 Å². The monoisotopic (exact) mass is 577 g/mol. The Morgan fingerprint density at radius 2 is 1.79 bits per heavy atom. The second kappa shape index (κ2) is 13.5. The summed E-state index contributed by atoms with van der Waals surface area (Å²) < 4.78 is 5.99. The molecule has 4 N–H and O–H groups in total. The zero-order valence-corrected chi connectivity index (χ0v) is 21.6. The maximum absolute atomic E-state index is 12.9. The van der Waals surface area contributed by atoms with Gasteiger partial charge in [-0.1, -0.05) is 20.8 Å². The van der Waals surface area contributed by atoms with Gasteiger partial charge < -0.3 is 25.6 Å². The highest BCUT2D eigenvalue weighted by atomic mass is 127. The van der Waals surface area contributed by atoms with Crippen LogP contribution in [0.4, 0.5) is 0 Å². The number of nitrogens with zero attached hydrogens (tertiary/aromatic N) is 1. The minimum absolute atomic E-state index is 0.0292. The van der Waals surface area contributed by atoms with Crippen molar-refractivity contribution in [1.29, 1.82) is 0 Å². The number of rotatable bonds is 13. The molecule has 0 saturated carbocycles. The van der Waals surface area contributed by atoms with Gasteiger partial charge in [0.1, 0.15) is 11.8 Å². The number of aliphatic hydroxyl groups excluding tert-OH is 1. The molecule has 1 aromatic carbocycles. The Morgan fingerprint density at radius 3 is 2.30 bits per heavy atom. The normalized spacial score (nSPS) is 13.8. The van der Waals surface area contributed by atoms with E-state index in [4.69, 9.17) is 9.84 Å². The van der Waals surface area contributed by atoms with Gasteiger partial charge in [-0.05, 0) is 60.3 Å². The maximum atomic E-state index is 12.9. The molecule has 184 valence electrons. The average Bonchev–Trinajstić information content (AvgIpc) is 2.75. The van der Waals surface area contributed by atoms with Gasteiger partial charge in [0.05, 0.1) is 26.1 Å². The molecule has 0 aliphatic heterocycles. The smallest absolute Gasteiger partial charge is 0.305 e. The topological polar surface area (TPSA) is 145 Å². The number of ketones is 1. The number of aliphatic carboxylic acids is 1. The van der Waals surface area contributed by atoms with E-state index in [2.05, 4.69) is 10.6 Å². The predicted molar refractivity (Wildman–Crippen MR) is 130 cm³/mol. The van der Waals surface area contributed by atoms with Crippen LogP contribution < -0.4 is 15.4 Å². The molecule has 1 aromatic rings. The number of hydrogen-bond donors (Lipinski definition) is 4. The zero-order chi connectivity index (χ0) is 25.3. The number of methoxy groups -OCH3 is 1. The molecule has 0 aromatic heterocycles. The Morgan fingerprint density at radius 1 is 1.15 bits per heavy atom. The first-order valence-electron chi connectivity index (χ1n) is 10.5. The van der Waals surface area contributed by atoms with Crippen LogP contribution >= 0.6 is 22.6 Å². The number of hydrogen-bond acceptors (Lipinski definition) is 7. The van der Waals surface area contributed by atoms with Crippen molar-refractivity contribution < 1.29 is 34.1 Å². The quantitative estimate of drug-likeness (QED) is 0.254. The third-order valence-corrected chi connectivity index (χ3v) is 5.70. The molecule has 0 aliphatic rings. The van der Waals surface area contributed by atoms with Gasteiger partial charge in [-0.25, -0.2) is 0 Å². The van der Waals surface area contributed by atoms with E-state index in [0.29, 0.717) is 12.3 Å². The van der Waals surface area contributed by atoms with Crippen molar-refractivity contribution in [2.24, 2.45) is 5.92 Å². The van der Waals surface area contributed by atoms with Crippen LogP contribution in [0.3, 0.4) is 0 Å². The molecule has 0 aliphatic carbocycles. The van der Waals surface area contributed by atoms with Gasteiger partial charge in [-0.15, -0.1) is 0 Å². The van der Waals surface area contributed by atoms with E-state index in [9.17, 15) is 24.3 Å². The molecule has 3 atom stereocenters. The molecule has 0 fully saturated rings. The largest absolute Gasteiger partial charge is 0.496 e. The average molecular weight is 577 g/mol. The first-order valence-corrected chi connectivity index (χ1v) is 11.5. The number of ether oxygens (including phenoxy) is 1. The number of carboxylic acid groups (broad SMARTS) is 1. The molecule has 10 nitrogen and oxygen atoms in total. The third-order valence-electron chi connectivity index (χ3n) is 5.03. The summed E-state index contributed by atoms with van der Waals surface area (Å²) in [5.41, 5.74) is 0.242. The maximum Gasteiger partial charge on any atom is 0.305 e. The van der Waals surface area contributed by atoms with Gasteiger partial charge >= 0.3 is 5.97 Å². The van der Waals surface area contributed by atoms with Crippen molar-refractivity contribution in [2.75, 3.05) is 27.2 Å². The van der Waals surface area contributed by atoms with Gasteiger partial charge in [0, 0.05) is 9.13 Å². The van der Waals surface area contributed by atoms with E-state index in [0.717, 1.165) is 3.57 Å². The Labute approximate surface area is 207 Å². The molecular weight excluding hydrogens is 545 g/mol. The molecule has 0 saturated heterocycles. The minimum Gasteiger partial charge on any atom is -0.496 e. The highest BCUT2D eigenvalue weighted by Gasteiger charge is 2.32. The van der Waals surface area contributed by atoms with Crippen LogP contribution in [-0.2, 0) is 19.2 Å². The third kappa shape index (κ3) is 8.89. The second-order valence-corrected chi connectivity index (χ2v) is 9.22. The van der Waals surface area contributed by atoms with E-state index in [1.54, 1.807) is 44.0 Å². The molecule has 2 unspecified atom stereocenters. The molecule has 0 bridgehead atoms. The van der Waals surface area contributed by atoms with Crippen LogP contribution in [0.25, 0.3) is 0 Å². The first kappa shape index (κ1) is 28.8. The van der Waals surface area contributed by atoms with Gasteiger partial charge in [-0.2, -0.15) is 0 Å². The second-order valence-electron chi connectivity index (χ2n) is 7.97. The van der Waals surface area contributed by atoms with Gasteiger partial charge in [0.25, 0.3) is 5.91 Å². The summed E-state index contributed by atoms with van der Waals surface area (Å²) in [6.45, 7) is 5.75. The van der Waals surface area contributed by atoms with E-state index >= 15 is 0 Å². The zero-order valence-electron chi connectivity index (χ0n) is 19.4. The van der Waals surface area contributed by atoms with E-state index in [-0.39, 0.29) is 12.1 Å². The number of carbonyl (C=O) groups excluding carboxylic acids is 3. The van der Waals surface area contributed by atoms with Crippen molar-refractivity contribution in [1.82, 2.24) is 15.5 Å². The first-order chi connectivity index (χ1) is 15.4. The number of carboxylic acids is 1. The molecule has 0 radical (unpaired) electrons. The van der Waals surface area contributed by atoms with Crippen molar-refractivity contribution in [2.45, 2.75) is 45.4 Å². The number of aliphatic hydroxyl groups is 1. The molecule has 0 heterocycles. The number of amides is 2. The summed E-state index contributed by atoms with van der Waals surface area (Å²) in [6.07, 6.45) is -2.18. The van der Waals surface area contributed by atoms with Crippen molar-refractivity contribution in [3.8, 4) is 5.75 Å². The number of benzene rings is 1. The van der Waals surface area contributed by atoms with Crippen LogP contribution in [0.5, 0.6) is 5.75 Å². The van der Waals surface area contributed by atoms with Crippen LogP contribution in [0.1, 0.15) is 38.9 Å². The fourth-order valence-electron chi connectivity index (χ4n) is 3.00. The van der Waals surface area contributed by atoms with Crippen molar-refractivity contribution in [3.05, 3.63) is 27.3 Å². The minimum atomic E-state index is -1.60. The van der Waals surface area contributed by atoms with E-state index in [1.807, 2.05) is 29.5 Å². The summed E-state index contributed by atoms with van der Waals surface area (Å²) >= 11 is 2.04. The molecule has 0 spiro atoms. The standard InChI is InChI=1S/C22H32IN3O7/c1-6-26(4)11-16(27)15(10-18(28)29)24-21(31)19(12(2)3)25-22(32)20(30)14-9-13(23)7-8-17(14)33-5/h7-9,12,15,19-20,30H,6,10-11H2,1-5H3,(H,24,31)(H,25,32)(H,28,29)/t15?,19-,20?/m0/s1. The Bertz CT molecular complexity index is 862. The lowest BCUT2D eigenvalue weighted by Crippen LogP contribution is -2.55. The van der Waals surface area contributed by atoms with Crippen LogP contribution in [0.2, 0.25) is 0 Å². The van der Waals surface area contributed by atoms with Gasteiger partial charge in [-0.3, -0.25) is 24.1 Å². The number of carbonyl (C=O) groups is 4. The van der Waals surface area contributed by atoms with Crippen molar-refractivity contribution >= 4 is 46.2 Å². The summed E-state index contributed by atoms with van der Waals surface area (Å²) in [5.74, 6) is -3.31. The summed E-state index contributed by atoms with van der Waals surface area (Å²) in [6, 6.07) is 2.63. The predicted octanol–water partition coefficient (Wildman–Crippen LogP) is 0.954. The van der Waals surface area contributed by atoms with E-state index < -0.39 is 54.1 Å². The summed E-state index contributed by atoms with van der Waals surface area (Å²) in [5, 5.41) is 24.7. The molecule has 11 heteroatoms. The van der Waals surface area contributed by atoms with Gasteiger partial charge in [0.2, 0.25) is 5.91 Å². The highest BCUT2D eigenvalue weighted by molar-refractivity contribution is 14.1. The number of halogens is 1.